The van der Waals surface area contributed by atoms with Crippen LogP contribution in [0.15, 0.2) is 5.38 Å². The van der Waals surface area contributed by atoms with Crippen molar-refractivity contribution in [1.82, 2.24) is 0 Å². The maximum Gasteiger partial charge on any atom is 0.348 e. The molecular formula is C13H21BO4S. The predicted molar refractivity (Wildman–Crippen MR) is 78.6 cm³/mol. The van der Waals surface area contributed by atoms with Crippen LogP contribution in [0.3, 0.4) is 0 Å². The highest BCUT2D eigenvalue weighted by atomic mass is 32.1. The third kappa shape index (κ3) is 3.58. The van der Waals surface area contributed by atoms with Crippen LogP contribution in [0.4, 0.5) is 0 Å². The number of methoxy groups -OCH3 is 1. The van der Waals surface area contributed by atoms with Gasteiger partial charge in [0.05, 0.1) is 18.3 Å². The number of carbonyl (C=O) groups is 1. The summed E-state index contributed by atoms with van der Waals surface area (Å²) in [5, 5.41) is 11.9. The van der Waals surface area contributed by atoms with Crippen molar-refractivity contribution >= 4 is 30.3 Å². The Hall–Kier alpha value is -0.845. The van der Waals surface area contributed by atoms with Crippen molar-refractivity contribution in [3.05, 3.63) is 15.8 Å². The molecule has 0 unspecified atom stereocenters. The van der Waals surface area contributed by atoms with E-state index in [1.165, 1.54) is 18.4 Å². The summed E-state index contributed by atoms with van der Waals surface area (Å²) in [6.45, 7) is 8.99. The Labute approximate surface area is 119 Å². The third-order valence-electron chi connectivity index (χ3n) is 3.57. The largest absolute Gasteiger partial charge is 0.465 e. The Bertz CT molecular complexity index is 460. The van der Waals surface area contributed by atoms with Gasteiger partial charge in [-0.2, -0.15) is 0 Å². The number of carbonyl (C=O) groups excluding carboxylic acids is 1. The van der Waals surface area contributed by atoms with Gasteiger partial charge in [-0.25, -0.2) is 4.79 Å². The second-order valence-corrected chi connectivity index (χ2v) is 6.44. The zero-order valence-corrected chi connectivity index (χ0v) is 13.2. The van der Waals surface area contributed by atoms with E-state index in [1.54, 1.807) is 13.8 Å². The zero-order chi connectivity index (χ0) is 14.8. The number of thiophene rings is 1. The Morgan fingerprint density at radius 1 is 1.37 bits per heavy atom. The van der Waals surface area contributed by atoms with Crippen LogP contribution >= 0.6 is 11.3 Å². The van der Waals surface area contributed by atoms with Gasteiger partial charge in [0.25, 0.3) is 0 Å². The van der Waals surface area contributed by atoms with Crippen LogP contribution in [0.2, 0.25) is 0 Å². The molecule has 0 aliphatic carbocycles. The second-order valence-electron chi connectivity index (χ2n) is 5.56. The number of hydrogen-bond acceptors (Lipinski definition) is 5. The van der Waals surface area contributed by atoms with Gasteiger partial charge in [0.15, 0.2) is 0 Å². The van der Waals surface area contributed by atoms with Crippen molar-refractivity contribution in [1.29, 1.82) is 0 Å². The Morgan fingerprint density at radius 2 is 1.95 bits per heavy atom. The Kier molecular flexibility index (Phi) is 4.82. The summed E-state index contributed by atoms with van der Waals surface area (Å²) in [6, 6.07) is 0. The van der Waals surface area contributed by atoms with Gasteiger partial charge in [-0.05, 0) is 51.0 Å². The summed E-state index contributed by atoms with van der Waals surface area (Å²) in [6.07, 6.45) is 0. The van der Waals surface area contributed by atoms with Crippen molar-refractivity contribution in [3.8, 4) is 0 Å². The molecule has 0 bridgehead atoms. The molecule has 1 aromatic rings. The molecule has 0 aromatic carbocycles. The first-order valence-corrected chi connectivity index (χ1v) is 6.99. The SMILES string of the molecule is COC(=O)c1scc(BOC(C)(C)C(C)(C)O)c1C. The highest BCUT2D eigenvalue weighted by Gasteiger charge is 2.36. The van der Waals surface area contributed by atoms with Gasteiger partial charge in [0, 0.05) is 0 Å². The van der Waals surface area contributed by atoms with Crippen molar-refractivity contribution < 1.29 is 19.3 Å². The number of rotatable bonds is 5. The molecule has 0 saturated carbocycles. The van der Waals surface area contributed by atoms with E-state index in [0.29, 0.717) is 12.4 Å². The van der Waals surface area contributed by atoms with Crippen molar-refractivity contribution in [2.24, 2.45) is 0 Å². The quantitative estimate of drug-likeness (QED) is 0.655. The monoisotopic (exact) mass is 284 g/mol. The van der Waals surface area contributed by atoms with Gasteiger partial charge >= 0.3 is 13.5 Å². The molecule has 0 aliphatic heterocycles. The average molecular weight is 284 g/mol. The minimum Gasteiger partial charge on any atom is -0.465 e. The summed E-state index contributed by atoms with van der Waals surface area (Å²) >= 11 is 1.35. The molecule has 1 aromatic heterocycles. The van der Waals surface area contributed by atoms with Gasteiger partial charge in [-0.1, -0.05) is 0 Å². The summed E-state index contributed by atoms with van der Waals surface area (Å²) in [5.41, 5.74) is 0.209. The number of ether oxygens (including phenoxy) is 1. The smallest absolute Gasteiger partial charge is 0.348 e. The molecule has 0 fully saturated rings. The highest BCUT2D eigenvalue weighted by molar-refractivity contribution is 7.13. The Morgan fingerprint density at radius 3 is 2.42 bits per heavy atom. The lowest BCUT2D eigenvalue weighted by molar-refractivity contribution is -0.0893. The van der Waals surface area contributed by atoms with Crippen molar-refractivity contribution in [2.45, 2.75) is 45.8 Å². The number of hydrogen-bond donors (Lipinski definition) is 1. The van der Waals surface area contributed by atoms with Gasteiger partial charge in [0.1, 0.15) is 4.88 Å². The Balaban J connectivity index is 2.80. The molecule has 1 rings (SSSR count). The molecule has 4 nitrogen and oxygen atoms in total. The van der Waals surface area contributed by atoms with Crippen LogP contribution in [0.1, 0.15) is 42.9 Å². The predicted octanol–water partition coefficient (Wildman–Crippen LogP) is 1.39. The van der Waals surface area contributed by atoms with E-state index in [0.717, 1.165) is 11.0 Å². The van der Waals surface area contributed by atoms with Crippen LogP contribution < -0.4 is 5.46 Å². The molecule has 0 saturated heterocycles. The third-order valence-corrected chi connectivity index (χ3v) is 4.68. The summed E-state index contributed by atoms with van der Waals surface area (Å²) in [5.74, 6) is -0.324. The van der Waals surface area contributed by atoms with Crippen molar-refractivity contribution in [3.63, 3.8) is 0 Å². The molecule has 6 heteroatoms. The molecule has 1 N–H and O–H groups in total. The van der Waals surface area contributed by atoms with Crippen LogP contribution in [0, 0.1) is 6.92 Å². The first-order valence-electron chi connectivity index (χ1n) is 6.11. The van der Waals surface area contributed by atoms with Crippen LogP contribution in [-0.2, 0) is 9.39 Å². The lowest BCUT2D eigenvalue weighted by atomic mass is 9.82. The summed E-state index contributed by atoms with van der Waals surface area (Å²) < 4.78 is 10.5. The van der Waals surface area contributed by atoms with E-state index in [-0.39, 0.29) is 5.97 Å². The maximum atomic E-state index is 11.5. The highest BCUT2D eigenvalue weighted by Crippen LogP contribution is 2.24. The second kappa shape index (κ2) is 5.65. The van der Waals surface area contributed by atoms with Crippen LogP contribution in [-0.4, -0.2) is 36.9 Å². The molecule has 0 amide bonds. The lowest BCUT2D eigenvalue weighted by Gasteiger charge is -2.37. The van der Waals surface area contributed by atoms with E-state index < -0.39 is 11.2 Å². The first-order chi connectivity index (χ1) is 8.60. The first kappa shape index (κ1) is 16.2. The minimum absolute atomic E-state index is 0.324. The van der Waals surface area contributed by atoms with E-state index in [2.05, 4.69) is 0 Å². The van der Waals surface area contributed by atoms with Crippen LogP contribution in [0.5, 0.6) is 0 Å². The van der Waals surface area contributed by atoms with E-state index >= 15 is 0 Å². The minimum atomic E-state index is -0.942. The molecule has 19 heavy (non-hydrogen) atoms. The fourth-order valence-electron chi connectivity index (χ4n) is 1.32. The molecule has 1 heterocycles. The van der Waals surface area contributed by atoms with Gasteiger partial charge in [-0.15, -0.1) is 11.3 Å². The van der Waals surface area contributed by atoms with Crippen molar-refractivity contribution in [2.75, 3.05) is 7.11 Å². The number of esters is 1. The van der Waals surface area contributed by atoms with Gasteiger partial charge in [0.2, 0.25) is 0 Å². The summed E-state index contributed by atoms with van der Waals surface area (Å²) in [4.78, 5) is 12.1. The van der Waals surface area contributed by atoms with E-state index in [4.69, 9.17) is 9.39 Å². The molecular weight excluding hydrogens is 263 g/mol. The topological polar surface area (TPSA) is 55.8 Å². The molecule has 0 spiro atoms. The standard InChI is InChI=1S/C13H21BO4S/c1-8-9(7-19-10(8)11(15)17-6)14-18-13(4,5)12(2,3)16/h7,14,16H,1-6H3. The van der Waals surface area contributed by atoms with Crippen LogP contribution in [0.25, 0.3) is 0 Å². The van der Waals surface area contributed by atoms with E-state index in [9.17, 15) is 9.90 Å². The average Bonchev–Trinajstić information content (AvgIpc) is 2.66. The van der Waals surface area contributed by atoms with E-state index in [1.807, 2.05) is 26.2 Å². The number of aliphatic hydroxyl groups is 1. The fourth-order valence-corrected chi connectivity index (χ4v) is 2.32. The molecule has 0 atom stereocenters. The van der Waals surface area contributed by atoms with Gasteiger partial charge in [-0.3, -0.25) is 0 Å². The molecule has 0 aliphatic rings. The normalized spacial score (nSPS) is 12.4. The fraction of sp³-hybridized carbons (Fsp3) is 0.615. The van der Waals surface area contributed by atoms with Gasteiger partial charge < -0.3 is 14.5 Å². The molecule has 106 valence electrons. The zero-order valence-electron chi connectivity index (χ0n) is 12.4. The maximum absolute atomic E-state index is 11.5. The molecule has 0 radical (unpaired) electrons. The summed E-state index contributed by atoms with van der Waals surface area (Å²) in [7, 11) is 1.73. The lowest BCUT2D eigenvalue weighted by Crippen LogP contribution is -2.49.